The van der Waals surface area contributed by atoms with Gasteiger partial charge >= 0.3 is 0 Å². The van der Waals surface area contributed by atoms with Crippen LogP contribution in [0.15, 0.2) is 30.5 Å². The van der Waals surface area contributed by atoms with Crippen LogP contribution in [0, 0.1) is 35.4 Å². The van der Waals surface area contributed by atoms with E-state index in [0.717, 1.165) is 24.8 Å². The Morgan fingerprint density at radius 3 is 2.33 bits per heavy atom. The van der Waals surface area contributed by atoms with E-state index in [-0.39, 0.29) is 5.82 Å². The first-order valence-corrected chi connectivity index (χ1v) is 15.4. The van der Waals surface area contributed by atoms with Crippen molar-refractivity contribution < 1.29 is 4.39 Å². The summed E-state index contributed by atoms with van der Waals surface area (Å²) in [6.07, 6.45) is 17.2. The average Bonchev–Trinajstić information content (AvgIpc) is 2.84. The van der Waals surface area contributed by atoms with Crippen molar-refractivity contribution in [1.82, 2.24) is 5.32 Å². The third-order valence-corrected chi connectivity index (χ3v) is 8.78. The second-order valence-corrected chi connectivity index (χ2v) is 12.7. The number of aryl methyl sites for hydroxylation is 1. The first-order valence-electron chi connectivity index (χ1n) is 15.4. The van der Waals surface area contributed by atoms with Crippen molar-refractivity contribution in [2.75, 3.05) is 0 Å². The van der Waals surface area contributed by atoms with Crippen LogP contribution in [0.2, 0.25) is 0 Å². The molecule has 1 aliphatic carbocycles. The summed E-state index contributed by atoms with van der Waals surface area (Å²) in [5.41, 5.74) is 3.52. The molecule has 1 aromatic carbocycles. The molecule has 0 spiro atoms. The molecule has 2 unspecified atom stereocenters. The van der Waals surface area contributed by atoms with E-state index in [1.165, 1.54) is 81.9 Å². The van der Waals surface area contributed by atoms with Crippen LogP contribution in [-0.4, -0.2) is 6.04 Å². The topological polar surface area (TPSA) is 12.0 Å². The van der Waals surface area contributed by atoms with Gasteiger partial charge in [-0.3, -0.25) is 0 Å². The van der Waals surface area contributed by atoms with Crippen LogP contribution in [0.5, 0.6) is 0 Å². The van der Waals surface area contributed by atoms with Crippen molar-refractivity contribution in [3.8, 4) is 0 Å². The van der Waals surface area contributed by atoms with Crippen LogP contribution < -0.4 is 5.32 Å². The summed E-state index contributed by atoms with van der Waals surface area (Å²) in [5.74, 6) is 3.11. The Kier molecular flexibility index (Phi) is 14.2. The normalized spacial score (nSPS) is 17.4. The van der Waals surface area contributed by atoms with Crippen molar-refractivity contribution in [3.63, 3.8) is 0 Å². The Morgan fingerprint density at radius 1 is 0.972 bits per heavy atom. The van der Waals surface area contributed by atoms with E-state index in [1.54, 1.807) is 6.07 Å². The van der Waals surface area contributed by atoms with Gasteiger partial charge in [-0.2, -0.15) is 0 Å². The van der Waals surface area contributed by atoms with Gasteiger partial charge in [0.05, 0.1) is 0 Å². The zero-order valence-corrected chi connectivity index (χ0v) is 24.7. The Morgan fingerprint density at radius 2 is 1.69 bits per heavy atom. The molecule has 1 N–H and O–H groups in total. The van der Waals surface area contributed by atoms with Gasteiger partial charge in [-0.1, -0.05) is 105 Å². The number of benzene rings is 1. The smallest absolute Gasteiger partial charge is 0.126 e. The number of unbranched alkanes of at least 4 members (excludes halogenated alkanes) is 3. The Bertz CT molecular complexity index is 746. The van der Waals surface area contributed by atoms with Gasteiger partial charge in [0.25, 0.3) is 0 Å². The molecule has 1 aliphatic rings. The predicted molar refractivity (Wildman–Crippen MR) is 157 cm³/mol. The van der Waals surface area contributed by atoms with Gasteiger partial charge in [0.15, 0.2) is 0 Å². The quantitative estimate of drug-likeness (QED) is 0.210. The Labute approximate surface area is 224 Å². The van der Waals surface area contributed by atoms with Crippen LogP contribution in [0.1, 0.15) is 130 Å². The van der Waals surface area contributed by atoms with E-state index >= 15 is 0 Å². The van der Waals surface area contributed by atoms with Crippen LogP contribution in [-0.2, 0) is 12.8 Å². The summed E-state index contributed by atoms with van der Waals surface area (Å²) in [5, 5.41) is 3.83. The number of hydrogen-bond acceptors (Lipinski definition) is 1. The number of hydrogen-bond donors (Lipinski definition) is 1. The molecular formula is C34H58FN. The van der Waals surface area contributed by atoms with E-state index in [2.05, 4.69) is 59.5 Å². The van der Waals surface area contributed by atoms with Crippen molar-refractivity contribution in [2.24, 2.45) is 29.6 Å². The molecule has 0 heterocycles. The third kappa shape index (κ3) is 11.0. The largest absolute Gasteiger partial charge is 0.386 e. The van der Waals surface area contributed by atoms with Crippen molar-refractivity contribution in [1.29, 1.82) is 0 Å². The lowest BCUT2D eigenvalue weighted by Gasteiger charge is -2.32. The molecule has 1 fully saturated rings. The van der Waals surface area contributed by atoms with Gasteiger partial charge in [0.2, 0.25) is 0 Å². The predicted octanol–water partition coefficient (Wildman–Crippen LogP) is 10.3. The molecule has 206 valence electrons. The highest BCUT2D eigenvalue weighted by molar-refractivity contribution is 5.26. The van der Waals surface area contributed by atoms with E-state index < -0.39 is 0 Å². The van der Waals surface area contributed by atoms with Gasteiger partial charge in [0, 0.05) is 17.7 Å². The Balaban J connectivity index is 1.90. The molecule has 3 atom stereocenters. The average molecular weight is 500 g/mol. The number of allylic oxidation sites excluding steroid dienone is 1. The number of halogens is 1. The van der Waals surface area contributed by atoms with Crippen LogP contribution in [0.25, 0.3) is 0 Å². The van der Waals surface area contributed by atoms with Crippen LogP contribution in [0.3, 0.4) is 0 Å². The molecule has 0 aliphatic heterocycles. The zero-order valence-electron chi connectivity index (χ0n) is 24.7. The molecule has 2 heteroatoms. The van der Waals surface area contributed by atoms with Gasteiger partial charge < -0.3 is 5.32 Å². The lowest BCUT2D eigenvalue weighted by molar-refractivity contribution is 0.275. The monoisotopic (exact) mass is 499 g/mol. The fourth-order valence-corrected chi connectivity index (χ4v) is 6.15. The minimum absolute atomic E-state index is 0.0215. The summed E-state index contributed by atoms with van der Waals surface area (Å²) in [6, 6.07) is 6.54. The highest BCUT2D eigenvalue weighted by Gasteiger charge is 2.24. The molecule has 36 heavy (non-hydrogen) atoms. The third-order valence-electron chi connectivity index (χ3n) is 8.78. The maximum atomic E-state index is 14.4. The van der Waals surface area contributed by atoms with Gasteiger partial charge in [-0.05, 0) is 85.8 Å². The fourth-order valence-electron chi connectivity index (χ4n) is 6.15. The van der Waals surface area contributed by atoms with Crippen molar-refractivity contribution in [3.05, 3.63) is 47.4 Å². The lowest BCUT2D eigenvalue weighted by atomic mass is 9.79. The van der Waals surface area contributed by atoms with E-state index in [9.17, 15) is 4.39 Å². The molecule has 0 saturated heterocycles. The van der Waals surface area contributed by atoms with E-state index in [1.807, 2.05) is 6.07 Å². The first kappa shape index (κ1) is 30.9. The maximum Gasteiger partial charge on any atom is 0.126 e. The molecule has 2 rings (SSSR count). The Hall–Kier alpha value is -1.31. The van der Waals surface area contributed by atoms with Gasteiger partial charge in [-0.25, -0.2) is 4.39 Å². The fraction of sp³-hybridized carbons (Fsp3) is 0.765. The SMILES string of the molecule is C=C(NC1CCCCC1)C(C[C@H](C)CCC(Cc1ccc(F)c(CCCCCC)c1)C(C)C)C(C)C. The van der Waals surface area contributed by atoms with E-state index in [4.69, 9.17) is 0 Å². The summed E-state index contributed by atoms with van der Waals surface area (Å²) in [4.78, 5) is 0. The highest BCUT2D eigenvalue weighted by Crippen LogP contribution is 2.32. The molecule has 1 nitrogen and oxygen atoms in total. The molecular weight excluding hydrogens is 441 g/mol. The highest BCUT2D eigenvalue weighted by atomic mass is 19.1. The second kappa shape index (κ2) is 16.5. The van der Waals surface area contributed by atoms with Crippen LogP contribution >= 0.6 is 0 Å². The number of rotatable bonds is 17. The molecule has 0 amide bonds. The molecule has 0 aromatic heterocycles. The summed E-state index contributed by atoms with van der Waals surface area (Å²) in [6.45, 7) is 18.6. The molecule has 0 bridgehead atoms. The molecule has 1 aromatic rings. The summed E-state index contributed by atoms with van der Waals surface area (Å²) in [7, 11) is 0. The first-order chi connectivity index (χ1) is 17.2. The van der Waals surface area contributed by atoms with E-state index in [0.29, 0.717) is 35.6 Å². The number of nitrogens with one attached hydrogen (secondary N) is 1. The zero-order chi connectivity index (χ0) is 26.5. The summed E-state index contributed by atoms with van der Waals surface area (Å²) >= 11 is 0. The van der Waals surface area contributed by atoms with Crippen LogP contribution in [0.4, 0.5) is 4.39 Å². The minimum Gasteiger partial charge on any atom is -0.386 e. The van der Waals surface area contributed by atoms with Crippen molar-refractivity contribution >= 4 is 0 Å². The molecule has 1 saturated carbocycles. The van der Waals surface area contributed by atoms with Gasteiger partial charge in [0.1, 0.15) is 5.82 Å². The molecule has 0 radical (unpaired) electrons. The standard InChI is InChI=1S/C34H58FN/c1-8-9-10-12-15-31-24-29(19-21-34(31)35)23-30(25(2)3)20-18-27(6)22-33(26(4)5)28(7)36-32-16-13-11-14-17-32/h19,21,24-27,30,32-33,36H,7-18,20,22-23H2,1-6H3/t27-,30?,33?/m1/s1. The summed E-state index contributed by atoms with van der Waals surface area (Å²) < 4.78 is 14.4. The maximum absolute atomic E-state index is 14.4. The van der Waals surface area contributed by atoms with Gasteiger partial charge in [-0.15, -0.1) is 0 Å². The lowest BCUT2D eigenvalue weighted by Crippen LogP contribution is -2.34. The van der Waals surface area contributed by atoms with Crippen molar-refractivity contribution in [2.45, 2.75) is 137 Å². The second-order valence-electron chi connectivity index (χ2n) is 12.7. The minimum atomic E-state index is -0.0215.